The molecule has 0 aliphatic carbocycles. The summed E-state index contributed by atoms with van der Waals surface area (Å²) in [6, 6.07) is 2.71. The third-order valence-electron chi connectivity index (χ3n) is 3.40. The van der Waals surface area contributed by atoms with Gasteiger partial charge in [0.2, 0.25) is 0 Å². The molecule has 0 saturated carbocycles. The number of benzene rings is 1. The van der Waals surface area contributed by atoms with Crippen LogP contribution < -0.4 is 5.01 Å². The summed E-state index contributed by atoms with van der Waals surface area (Å²) in [5, 5.41) is 12.1. The van der Waals surface area contributed by atoms with Crippen LogP contribution >= 0.6 is 35.0 Å². The molecule has 0 aliphatic heterocycles. The van der Waals surface area contributed by atoms with Gasteiger partial charge in [-0.25, -0.2) is 0 Å². The molecule has 0 spiro atoms. The molecule has 0 aliphatic rings. The Labute approximate surface area is 185 Å². The lowest BCUT2D eigenvalue weighted by Crippen LogP contribution is -2.37. The van der Waals surface area contributed by atoms with Gasteiger partial charge in [0.05, 0.1) is 38.6 Å². The molecular formula is C16H10Cl2F6N4O2S. The highest BCUT2D eigenvalue weighted by molar-refractivity contribution is 8.00. The smallest absolute Gasteiger partial charge is 0.446 e. The van der Waals surface area contributed by atoms with Gasteiger partial charge in [0.1, 0.15) is 12.6 Å². The number of anilines is 1. The molecule has 1 atom stereocenters. The third-order valence-corrected chi connectivity index (χ3v) is 4.65. The Kier molecular flexibility index (Phi) is 7.61. The normalized spacial score (nSPS) is 12.9. The molecule has 1 unspecified atom stereocenters. The van der Waals surface area contributed by atoms with Gasteiger partial charge in [-0.1, -0.05) is 23.2 Å². The predicted octanol–water partition coefficient (Wildman–Crippen LogP) is 5.55. The van der Waals surface area contributed by atoms with E-state index in [0.29, 0.717) is 12.1 Å². The van der Waals surface area contributed by atoms with Crippen molar-refractivity contribution in [2.75, 3.05) is 11.6 Å². The Balaban J connectivity index is 2.51. The molecule has 15 heteroatoms. The van der Waals surface area contributed by atoms with Crippen LogP contribution in [-0.4, -0.2) is 34.0 Å². The van der Waals surface area contributed by atoms with Crippen LogP contribution in [-0.2, 0) is 15.7 Å². The van der Waals surface area contributed by atoms with Crippen LogP contribution in [0.5, 0.6) is 0 Å². The van der Waals surface area contributed by atoms with Crippen molar-refractivity contribution in [2.45, 2.75) is 29.6 Å². The molecule has 0 radical (unpaired) electrons. The number of alkyl halides is 6. The molecule has 1 heterocycles. The zero-order valence-electron chi connectivity index (χ0n) is 15.1. The number of halogens is 8. The van der Waals surface area contributed by atoms with Crippen molar-refractivity contribution >= 4 is 46.6 Å². The van der Waals surface area contributed by atoms with E-state index < -0.39 is 57.7 Å². The number of hydrogen-bond donors (Lipinski definition) is 0. The molecule has 31 heavy (non-hydrogen) atoms. The van der Waals surface area contributed by atoms with Gasteiger partial charge in [0, 0.05) is 0 Å². The number of hydrogen-bond acceptors (Lipinski definition) is 6. The number of esters is 1. The Bertz CT molecular complexity index is 982. The van der Waals surface area contributed by atoms with Gasteiger partial charge >= 0.3 is 17.7 Å². The molecule has 0 amide bonds. The summed E-state index contributed by atoms with van der Waals surface area (Å²) < 4.78 is 81.6. The van der Waals surface area contributed by atoms with E-state index in [1.165, 1.54) is 6.92 Å². The minimum atomic E-state index is -4.78. The van der Waals surface area contributed by atoms with E-state index in [-0.39, 0.29) is 10.6 Å². The summed E-state index contributed by atoms with van der Waals surface area (Å²) in [6.45, 7) is 0.473. The van der Waals surface area contributed by atoms with Crippen molar-refractivity contribution in [2.24, 2.45) is 0 Å². The van der Waals surface area contributed by atoms with E-state index in [4.69, 9.17) is 33.2 Å². The van der Waals surface area contributed by atoms with Gasteiger partial charge < -0.3 is 4.74 Å². The van der Waals surface area contributed by atoms with Crippen LogP contribution in [0.25, 0.3) is 0 Å². The number of carbonyl (C=O) groups is 1. The van der Waals surface area contributed by atoms with Gasteiger partial charge in [-0.2, -0.15) is 41.5 Å². The highest BCUT2D eigenvalue weighted by Crippen LogP contribution is 2.41. The summed E-state index contributed by atoms with van der Waals surface area (Å²) in [7, 11) is 0. The van der Waals surface area contributed by atoms with Crippen molar-refractivity contribution in [1.29, 1.82) is 5.26 Å². The van der Waals surface area contributed by atoms with Crippen molar-refractivity contribution < 1.29 is 35.9 Å². The van der Waals surface area contributed by atoms with E-state index in [1.807, 2.05) is 0 Å². The number of carbonyl (C=O) groups excluding carboxylic acids is 1. The molecule has 2 aromatic rings. The van der Waals surface area contributed by atoms with Crippen molar-refractivity contribution in [3.8, 4) is 6.07 Å². The lowest BCUT2D eigenvalue weighted by molar-refractivity contribution is -0.144. The van der Waals surface area contributed by atoms with Crippen molar-refractivity contribution in [3.05, 3.63) is 40.1 Å². The average Bonchev–Trinajstić information content (AvgIpc) is 3.05. The van der Waals surface area contributed by atoms with Crippen LogP contribution in [0.4, 0.5) is 32.0 Å². The fourth-order valence-electron chi connectivity index (χ4n) is 2.23. The van der Waals surface area contributed by atoms with Gasteiger partial charge in [0.15, 0.2) is 6.10 Å². The Morgan fingerprint density at radius 1 is 1.29 bits per heavy atom. The van der Waals surface area contributed by atoms with Crippen molar-refractivity contribution in [3.63, 3.8) is 0 Å². The molecule has 0 bridgehead atoms. The lowest BCUT2D eigenvalue weighted by Gasteiger charge is -2.26. The van der Waals surface area contributed by atoms with Crippen LogP contribution in [0, 0.1) is 11.3 Å². The minimum Gasteiger partial charge on any atom is -0.446 e. The second-order valence-corrected chi connectivity index (χ2v) is 7.70. The maximum Gasteiger partial charge on any atom is 0.446 e. The van der Waals surface area contributed by atoms with Gasteiger partial charge in [-0.05, 0) is 30.8 Å². The second-order valence-electron chi connectivity index (χ2n) is 5.75. The first-order valence-corrected chi connectivity index (χ1v) is 9.52. The number of rotatable bonds is 6. The summed E-state index contributed by atoms with van der Waals surface area (Å²) >= 11 is 11.4. The maximum atomic E-state index is 13.0. The SMILES string of the molecule is CC(C#N)OC(=O)CN(c1c(Cl)cc(C(F)(F)F)cc1Cl)n1cc(SC(F)(F)F)cn1. The molecule has 0 saturated heterocycles. The first-order chi connectivity index (χ1) is 14.2. The molecule has 0 N–H and O–H groups in total. The topological polar surface area (TPSA) is 71.2 Å². The first kappa shape index (κ1) is 25.0. The van der Waals surface area contributed by atoms with Gasteiger partial charge in [0.25, 0.3) is 0 Å². The number of ether oxygens (including phenoxy) is 1. The molecule has 0 fully saturated rings. The third kappa shape index (κ3) is 6.84. The lowest BCUT2D eigenvalue weighted by atomic mass is 10.2. The predicted molar refractivity (Wildman–Crippen MR) is 99.5 cm³/mol. The summed E-state index contributed by atoms with van der Waals surface area (Å²) in [4.78, 5) is 12.5. The summed E-state index contributed by atoms with van der Waals surface area (Å²) in [6.07, 6.45) is -4.26. The van der Waals surface area contributed by atoms with E-state index in [0.717, 1.165) is 22.2 Å². The number of nitriles is 1. The highest BCUT2D eigenvalue weighted by atomic mass is 35.5. The van der Waals surface area contributed by atoms with Gasteiger partial charge in [-0.15, -0.1) is 0 Å². The fourth-order valence-corrected chi connectivity index (χ4v) is 3.42. The maximum absolute atomic E-state index is 13.0. The largest absolute Gasteiger partial charge is 0.446 e. The monoisotopic (exact) mass is 506 g/mol. The molecule has 6 nitrogen and oxygen atoms in total. The van der Waals surface area contributed by atoms with E-state index in [2.05, 4.69) is 5.10 Å². The van der Waals surface area contributed by atoms with Crippen LogP contribution in [0.15, 0.2) is 29.4 Å². The number of aromatic nitrogens is 2. The fraction of sp³-hybridized carbons (Fsp3) is 0.312. The Morgan fingerprint density at radius 3 is 2.35 bits per heavy atom. The molecule has 1 aromatic carbocycles. The number of thioether (sulfide) groups is 1. The summed E-state index contributed by atoms with van der Waals surface area (Å²) in [5.74, 6) is -1.04. The van der Waals surface area contributed by atoms with Crippen molar-refractivity contribution in [1.82, 2.24) is 9.89 Å². The number of nitrogens with zero attached hydrogens (tertiary/aromatic N) is 4. The van der Waals surface area contributed by atoms with Gasteiger partial charge in [-0.3, -0.25) is 9.80 Å². The minimum absolute atomic E-state index is 0.343. The quantitative estimate of drug-likeness (QED) is 0.290. The van der Waals surface area contributed by atoms with Crippen LogP contribution in [0.1, 0.15) is 12.5 Å². The van der Waals surface area contributed by atoms with E-state index in [9.17, 15) is 31.1 Å². The molecule has 168 valence electrons. The van der Waals surface area contributed by atoms with E-state index in [1.54, 1.807) is 6.07 Å². The highest BCUT2D eigenvalue weighted by Gasteiger charge is 2.34. The Hall–Kier alpha value is -2.30. The first-order valence-electron chi connectivity index (χ1n) is 7.95. The zero-order valence-corrected chi connectivity index (χ0v) is 17.5. The molecule has 1 aromatic heterocycles. The standard InChI is InChI=1S/C16H10Cl2F6N4O2S/c1-8(4-25)30-13(29)7-27(28-6-10(5-26-28)31-16(22,23)24)14-11(17)2-9(3-12(14)18)15(19,20)21/h2-3,5-6,8H,7H2,1H3. The molecule has 2 rings (SSSR count). The second kappa shape index (κ2) is 9.46. The zero-order chi connectivity index (χ0) is 23.6. The average molecular weight is 507 g/mol. The molecular weight excluding hydrogens is 497 g/mol. The van der Waals surface area contributed by atoms with Crippen LogP contribution in [0.3, 0.4) is 0 Å². The summed E-state index contributed by atoms with van der Waals surface area (Å²) in [5.41, 5.74) is -6.16. The Morgan fingerprint density at radius 2 is 1.87 bits per heavy atom. The van der Waals surface area contributed by atoms with E-state index >= 15 is 0 Å². The van der Waals surface area contributed by atoms with Crippen LogP contribution in [0.2, 0.25) is 10.0 Å².